The molecule has 5 nitrogen and oxygen atoms in total. The first-order valence-electron chi connectivity index (χ1n) is 10.3. The molecule has 1 fully saturated rings. The molecule has 2 bridgehead atoms. The molecule has 1 aliphatic heterocycles. The molecule has 2 atom stereocenters. The van der Waals surface area contributed by atoms with Gasteiger partial charge in [-0.2, -0.15) is 0 Å². The molecule has 0 spiro atoms. The number of amides is 2. The van der Waals surface area contributed by atoms with Crippen LogP contribution in [0.2, 0.25) is 0 Å². The fraction of sp³-hybridized carbons (Fsp3) is 0.192. The Morgan fingerprint density at radius 2 is 1.39 bits per heavy atom. The molecule has 31 heavy (non-hydrogen) atoms. The normalized spacial score (nSPS) is 27.6. The summed E-state index contributed by atoms with van der Waals surface area (Å²) in [5.74, 6) is -4.35. The van der Waals surface area contributed by atoms with E-state index < -0.39 is 29.1 Å². The lowest BCUT2D eigenvalue weighted by Crippen LogP contribution is -2.61. The van der Waals surface area contributed by atoms with Gasteiger partial charge < -0.3 is 9.90 Å². The number of aliphatic carboxylic acids is 1. The van der Waals surface area contributed by atoms with E-state index in [1.54, 1.807) is 36.4 Å². The van der Waals surface area contributed by atoms with Gasteiger partial charge in [0.2, 0.25) is 11.8 Å². The molecule has 3 aliphatic carbocycles. The molecule has 2 amide bonds. The predicted octanol–water partition coefficient (Wildman–Crippen LogP) is 2.30. The van der Waals surface area contributed by atoms with Crippen LogP contribution in [0.25, 0.3) is 0 Å². The molecule has 0 unspecified atom stereocenters. The van der Waals surface area contributed by atoms with Gasteiger partial charge in [0.05, 0.1) is 28.9 Å². The van der Waals surface area contributed by atoms with Crippen molar-refractivity contribution in [1.29, 1.82) is 0 Å². The number of nitrogens with zero attached hydrogens (tertiary/aromatic N) is 1. The van der Waals surface area contributed by atoms with Crippen LogP contribution >= 0.6 is 0 Å². The fourth-order valence-electron chi connectivity index (χ4n) is 6.17. The number of carboxylic acids is 1. The minimum atomic E-state index is -1.70. The lowest BCUT2D eigenvalue weighted by molar-refractivity contribution is -0.314. The third kappa shape index (κ3) is 1.94. The van der Waals surface area contributed by atoms with Crippen molar-refractivity contribution < 1.29 is 19.5 Å². The minimum Gasteiger partial charge on any atom is -0.549 e. The standard InChI is InChI=1S/C26H19NO4/c1-14-8-2-7-13-19(14)27-23(28)21-20-15-9-3-5-11-17(15)26(25(30)31,22(21)24(27)29)18-12-6-4-10-16(18)20/h2-13,20-22H,1H3,(H,30,31)/p-1/t20?,21-,22-,26?/m1/s1. The second-order valence-electron chi connectivity index (χ2n) is 8.55. The summed E-state index contributed by atoms with van der Waals surface area (Å²) in [6.07, 6.45) is 0. The Morgan fingerprint density at radius 3 is 1.97 bits per heavy atom. The van der Waals surface area contributed by atoms with Crippen molar-refractivity contribution in [2.75, 3.05) is 4.90 Å². The monoisotopic (exact) mass is 408 g/mol. The smallest absolute Gasteiger partial charge is 0.239 e. The summed E-state index contributed by atoms with van der Waals surface area (Å²) in [4.78, 5) is 41.8. The SMILES string of the molecule is Cc1ccccc1N1C(=O)[C@@H]2C3c4ccccc4C(C(=O)[O-])(c4ccccc43)[C@H]2C1=O. The maximum Gasteiger partial charge on any atom is 0.239 e. The zero-order valence-corrected chi connectivity index (χ0v) is 16.7. The van der Waals surface area contributed by atoms with Crippen LogP contribution in [-0.4, -0.2) is 17.8 Å². The summed E-state index contributed by atoms with van der Waals surface area (Å²) in [5.41, 5.74) is 2.30. The number of benzene rings is 3. The van der Waals surface area contributed by atoms with Crippen molar-refractivity contribution >= 4 is 23.5 Å². The van der Waals surface area contributed by atoms with E-state index in [9.17, 15) is 19.5 Å². The third-order valence-corrected chi connectivity index (χ3v) is 7.30. The van der Waals surface area contributed by atoms with E-state index in [1.807, 2.05) is 43.3 Å². The molecular weight excluding hydrogens is 390 g/mol. The number of aryl methyl sites for hydroxylation is 1. The summed E-state index contributed by atoms with van der Waals surface area (Å²) < 4.78 is 0. The summed E-state index contributed by atoms with van der Waals surface area (Å²) in [5, 5.41) is 13.0. The fourth-order valence-corrected chi connectivity index (χ4v) is 6.17. The van der Waals surface area contributed by atoms with Gasteiger partial charge in [0.15, 0.2) is 0 Å². The molecule has 5 heteroatoms. The van der Waals surface area contributed by atoms with E-state index in [2.05, 4.69) is 0 Å². The highest BCUT2D eigenvalue weighted by atomic mass is 16.4. The third-order valence-electron chi connectivity index (χ3n) is 7.30. The van der Waals surface area contributed by atoms with Crippen LogP contribution in [-0.2, 0) is 19.8 Å². The first-order valence-corrected chi connectivity index (χ1v) is 10.3. The number of imide groups is 1. The number of para-hydroxylation sites is 1. The molecule has 1 heterocycles. The second kappa shape index (κ2) is 5.91. The highest BCUT2D eigenvalue weighted by Crippen LogP contribution is 2.64. The number of carbonyl (C=O) groups is 3. The Balaban J connectivity index is 1.69. The Kier molecular flexibility index (Phi) is 3.45. The topological polar surface area (TPSA) is 77.5 Å². The summed E-state index contributed by atoms with van der Waals surface area (Å²) in [6.45, 7) is 1.84. The zero-order valence-electron chi connectivity index (χ0n) is 16.7. The number of carboxylic acid groups (broad SMARTS) is 1. The largest absolute Gasteiger partial charge is 0.549 e. The Morgan fingerprint density at radius 1 is 0.839 bits per heavy atom. The van der Waals surface area contributed by atoms with Crippen LogP contribution in [0.4, 0.5) is 5.69 Å². The van der Waals surface area contributed by atoms with Crippen molar-refractivity contribution in [3.63, 3.8) is 0 Å². The van der Waals surface area contributed by atoms with E-state index in [0.29, 0.717) is 16.8 Å². The van der Waals surface area contributed by atoms with E-state index in [0.717, 1.165) is 16.7 Å². The van der Waals surface area contributed by atoms with Gasteiger partial charge in [-0.15, -0.1) is 0 Å². The van der Waals surface area contributed by atoms with Crippen LogP contribution < -0.4 is 10.0 Å². The number of rotatable bonds is 2. The van der Waals surface area contributed by atoms with Gasteiger partial charge in [0, 0.05) is 5.92 Å². The van der Waals surface area contributed by atoms with Gasteiger partial charge in [-0.1, -0.05) is 66.7 Å². The molecule has 0 saturated carbocycles. The summed E-state index contributed by atoms with van der Waals surface area (Å²) in [6, 6.07) is 21.7. The van der Waals surface area contributed by atoms with Gasteiger partial charge in [-0.3, -0.25) is 9.59 Å². The van der Waals surface area contributed by atoms with Gasteiger partial charge in [-0.25, -0.2) is 4.90 Å². The molecule has 0 N–H and O–H groups in total. The van der Waals surface area contributed by atoms with Gasteiger partial charge >= 0.3 is 0 Å². The molecule has 0 aromatic heterocycles. The highest BCUT2D eigenvalue weighted by molar-refractivity contribution is 6.25. The lowest BCUT2D eigenvalue weighted by atomic mass is 9.47. The molecule has 1 saturated heterocycles. The predicted molar refractivity (Wildman–Crippen MR) is 111 cm³/mol. The van der Waals surface area contributed by atoms with E-state index >= 15 is 0 Å². The summed E-state index contributed by atoms with van der Waals surface area (Å²) in [7, 11) is 0. The van der Waals surface area contributed by atoms with Crippen LogP contribution in [0.1, 0.15) is 33.7 Å². The van der Waals surface area contributed by atoms with E-state index in [1.165, 1.54) is 4.90 Å². The van der Waals surface area contributed by atoms with E-state index in [4.69, 9.17) is 0 Å². The maximum absolute atomic E-state index is 13.8. The average molecular weight is 408 g/mol. The molecule has 152 valence electrons. The van der Waals surface area contributed by atoms with Crippen LogP contribution in [0.5, 0.6) is 0 Å². The van der Waals surface area contributed by atoms with Gasteiger partial charge in [0.1, 0.15) is 0 Å². The lowest BCUT2D eigenvalue weighted by Gasteiger charge is -2.54. The van der Waals surface area contributed by atoms with Gasteiger partial charge in [-0.05, 0) is 40.8 Å². The van der Waals surface area contributed by atoms with Crippen LogP contribution in [0.15, 0.2) is 72.8 Å². The minimum absolute atomic E-state index is 0.344. The number of anilines is 1. The first-order chi connectivity index (χ1) is 15.0. The van der Waals surface area contributed by atoms with Crippen LogP contribution in [0, 0.1) is 18.8 Å². The van der Waals surface area contributed by atoms with Gasteiger partial charge in [0.25, 0.3) is 0 Å². The average Bonchev–Trinajstić information content (AvgIpc) is 3.05. The number of hydrogen-bond acceptors (Lipinski definition) is 4. The molecule has 4 aliphatic rings. The van der Waals surface area contributed by atoms with Crippen molar-refractivity contribution in [2.45, 2.75) is 18.3 Å². The van der Waals surface area contributed by atoms with Crippen molar-refractivity contribution in [1.82, 2.24) is 0 Å². The molecule has 7 rings (SSSR count). The number of hydrogen-bond donors (Lipinski definition) is 0. The zero-order chi connectivity index (χ0) is 21.5. The van der Waals surface area contributed by atoms with Crippen LogP contribution in [0.3, 0.4) is 0 Å². The van der Waals surface area contributed by atoms with E-state index in [-0.39, 0.29) is 11.8 Å². The Labute approximate surface area is 178 Å². The second-order valence-corrected chi connectivity index (χ2v) is 8.55. The Bertz CT molecular complexity index is 1260. The van der Waals surface area contributed by atoms with Crippen molar-refractivity contribution in [3.8, 4) is 0 Å². The quantitative estimate of drug-likeness (QED) is 0.610. The maximum atomic E-state index is 13.8. The number of carbonyl (C=O) groups excluding carboxylic acids is 3. The highest BCUT2D eigenvalue weighted by Gasteiger charge is 2.69. The molecule has 3 aromatic rings. The first kappa shape index (κ1) is 18.1. The molecule has 0 radical (unpaired) electrons. The van der Waals surface area contributed by atoms with Crippen molar-refractivity contribution in [3.05, 3.63) is 101 Å². The summed E-state index contributed by atoms with van der Waals surface area (Å²) >= 11 is 0. The Hall–Kier alpha value is -3.73. The van der Waals surface area contributed by atoms with Crippen molar-refractivity contribution in [2.24, 2.45) is 11.8 Å². The molecular formula is C26H18NO4-. The molecule has 3 aromatic carbocycles.